The molecule has 1 aliphatic heterocycles. The molecule has 6 nitrogen and oxygen atoms in total. The zero-order valence-electron chi connectivity index (χ0n) is 21.1. The van der Waals surface area contributed by atoms with Crippen molar-refractivity contribution in [1.82, 2.24) is 19.7 Å². The fourth-order valence-electron chi connectivity index (χ4n) is 4.66. The van der Waals surface area contributed by atoms with E-state index in [4.69, 9.17) is 10.1 Å². The number of allylic oxidation sites excluding steroid dienone is 6. The van der Waals surface area contributed by atoms with Crippen molar-refractivity contribution in [3.05, 3.63) is 77.3 Å². The molecule has 0 unspecified atom stereocenters. The molecule has 1 amide bonds. The standard InChI is InChI=1S/C29H32N4O2/c1-6-9-21(13-12-20(7-2)19(3)34)26-16-22-10-8-11-23(24(22)17-30-26)29-25-18-32(4)28(35)15-14-27(25)33(5)31-29/h6,8-13,16-17H,7,14-15,18H2,1-5H3/b9-6+,20-12+,21-13+. The maximum atomic E-state index is 12.3. The Morgan fingerprint density at radius 3 is 2.69 bits per heavy atom. The van der Waals surface area contributed by atoms with Crippen molar-refractivity contribution in [3.8, 4) is 11.3 Å². The molecule has 2 aromatic heterocycles. The van der Waals surface area contributed by atoms with Gasteiger partial charge in [-0.15, -0.1) is 0 Å². The number of amides is 1. The van der Waals surface area contributed by atoms with Crippen LogP contribution in [0.2, 0.25) is 0 Å². The van der Waals surface area contributed by atoms with Crippen LogP contribution >= 0.6 is 0 Å². The Morgan fingerprint density at radius 1 is 1.17 bits per heavy atom. The van der Waals surface area contributed by atoms with Gasteiger partial charge in [-0.25, -0.2) is 0 Å². The van der Waals surface area contributed by atoms with Crippen LogP contribution < -0.4 is 0 Å². The molecule has 0 aliphatic carbocycles. The van der Waals surface area contributed by atoms with Gasteiger partial charge in [0, 0.05) is 55.5 Å². The maximum absolute atomic E-state index is 12.3. The summed E-state index contributed by atoms with van der Waals surface area (Å²) in [6.45, 7) is 6.10. The monoisotopic (exact) mass is 468 g/mol. The Labute approximate surface area is 206 Å². The van der Waals surface area contributed by atoms with Crippen LogP contribution in [0.5, 0.6) is 0 Å². The number of hydrogen-bond acceptors (Lipinski definition) is 4. The van der Waals surface area contributed by atoms with E-state index in [2.05, 4.69) is 18.2 Å². The van der Waals surface area contributed by atoms with E-state index in [9.17, 15) is 9.59 Å². The molecule has 0 spiro atoms. The molecule has 0 saturated heterocycles. The summed E-state index contributed by atoms with van der Waals surface area (Å²) in [7, 11) is 3.80. The molecule has 0 N–H and O–H groups in total. The quantitative estimate of drug-likeness (QED) is 0.358. The highest BCUT2D eigenvalue weighted by molar-refractivity contribution is 5.98. The molecule has 3 heterocycles. The maximum Gasteiger partial charge on any atom is 0.223 e. The van der Waals surface area contributed by atoms with Gasteiger partial charge in [0.2, 0.25) is 5.91 Å². The molecule has 6 heteroatoms. The zero-order chi connectivity index (χ0) is 25.1. The fourth-order valence-corrected chi connectivity index (χ4v) is 4.66. The van der Waals surface area contributed by atoms with Gasteiger partial charge in [0.1, 0.15) is 0 Å². The van der Waals surface area contributed by atoms with E-state index in [1.807, 2.05) is 69.2 Å². The minimum Gasteiger partial charge on any atom is -0.341 e. The van der Waals surface area contributed by atoms with E-state index in [0.717, 1.165) is 50.1 Å². The first-order chi connectivity index (χ1) is 16.8. The molecule has 4 rings (SSSR count). The Morgan fingerprint density at radius 2 is 1.97 bits per heavy atom. The van der Waals surface area contributed by atoms with E-state index in [1.54, 1.807) is 11.8 Å². The van der Waals surface area contributed by atoms with Crippen molar-refractivity contribution >= 4 is 28.0 Å². The Kier molecular flexibility index (Phi) is 7.10. The van der Waals surface area contributed by atoms with Gasteiger partial charge in [-0.05, 0) is 49.3 Å². The summed E-state index contributed by atoms with van der Waals surface area (Å²) < 4.78 is 1.91. The molecular formula is C29H32N4O2. The van der Waals surface area contributed by atoms with Crippen molar-refractivity contribution in [2.45, 2.75) is 46.6 Å². The summed E-state index contributed by atoms with van der Waals surface area (Å²) >= 11 is 0. The van der Waals surface area contributed by atoms with Crippen molar-refractivity contribution in [3.63, 3.8) is 0 Å². The topological polar surface area (TPSA) is 68.1 Å². The molecule has 0 atom stereocenters. The summed E-state index contributed by atoms with van der Waals surface area (Å²) in [6, 6.07) is 8.27. The summed E-state index contributed by atoms with van der Waals surface area (Å²) in [5, 5.41) is 6.94. The number of nitrogens with zero attached hydrogens (tertiary/aromatic N) is 4. The lowest BCUT2D eigenvalue weighted by Gasteiger charge is -2.15. The van der Waals surface area contributed by atoms with Crippen LogP contribution in [0, 0.1) is 0 Å². The van der Waals surface area contributed by atoms with E-state index in [1.165, 1.54) is 0 Å². The third-order valence-electron chi connectivity index (χ3n) is 6.63. The molecule has 1 aromatic carbocycles. The molecule has 3 aromatic rings. The van der Waals surface area contributed by atoms with Crippen LogP contribution in [-0.2, 0) is 29.6 Å². The van der Waals surface area contributed by atoms with Gasteiger partial charge < -0.3 is 4.90 Å². The third kappa shape index (κ3) is 4.87. The first-order valence-corrected chi connectivity index (χ1v) is 12.1. The predicted octanol–water partition coefficient (Wildman–Crippen LogP) is 5.42. The lowest BCUT2D eigenvalue weighted by atomic mass is 9.98. The average molecular weight is 469 g/mol. The van der Waals surface area contributed by atoms with Crippen LogP contribution in [-0.4, -0.2) is 38.4 Å². The van der Waals surface area contributed by atoms with Crippen LogP contribution in [0.1, 0.15) is 50.6 Å². The minimum atomic E-state index is 0.0847. The first-order valence-electron chi connectivity index (χ1n) is 12.1. The number of carbonyl (C=O) groups is 2. The predicted molar refractivity (Wildman–Crippen MR) is 141 cm³/mol. The molecule has 0 radical (unpaired) electrons. The number of aryl methyl sites for hydroxylation is 1. The van der Waals surface area contributed by atoms with Crippen molar-refractivity contribution in [2.75, 3.05) is 7.05 Å². The zero-order valence-corrected chi connectivity index (χ0v) is 21.1. The number of fused-ring (bicyclic) bond motifs is 2. The number of benzene rings is 1. The molecular weight excluding hydrogens is 436 g/mol. The summed E-state index contributed by atoms with van der Waals surface area (Å²) in [6.07, 6.45) is 11.6. The van der Waals surface area contributed by atoms with Crippen LogP contribution in [0.4, 0.5) is 0 Å². The molecule has 1 aliphatic rings. The number of rotatable bonds is 6. The number of pyridine rings is 1. The largest absolute Gasteiger partial charge is 0.341 e. The highest BCUT2D eigenvalue weighted by Gasteiger charge is 2.25. The number of carbonyl (C=O) groups excluding carboxylic acids is 2. The normalized spacial score (nSPS) is 15.1. The van der Waals surface area contributed by atoms with Gasteiger partial charge in [0.25, 0.3) is 0 Å². The van der Waals surface area contributed by atoms with Crippen molar-refractivity contribution in [1.29, 1.82) is 0 Å². The highest BCUT2D eigenvalue weighted by Crippen LogP contribution is 2.34. The lowest BCUT2D eigenvalue weighted by molar-refractivity contribution is -0.130. The van der Waals surface area contributed by atoms with Gasteiger partial charge in [0.15, 0.2) is 5.78 Å². The molecule has 0 bridgehead atoms. The average Bonchev–Trinajstić information content (AvgIpc) is 3.06. The number of hydrogen-bond donors (Lipinski definition) is 0. The van der Waals surface area contributed by atoms with Gasteiger partial charge in [0.05, 0.1) is 11.4 Å². The molecule has 180 valence electrons. The van der Waals surface area contributed by atoms with Gasteiger partial charge >= 0.3 is 0 Å². The molecule has 0 saturated carbocycles. The Hall–Kier alpha value is -3.80. The number of Topliss-reactive ketones (excluding diaryl/α,β-unsaturated/α-hetero) is 1. The van der Waals surface area contributed by atoms with Crippen LogP contribution in [0.3, 0.4) is 0 Å². The van der Waals surface area contributed by atoms with Gasteiger partial charge in [-0.2, -0.15) is 5.10 Å². The molecule has 35 heavy (non-hydrogen) atoms. The number of ketones is 1. The SMILES string of the molecule is C/C=C/C(=C\C=C(/CC)C(C)=O)c1cc2cccc(-c3nn(C)c4c3CN(C)C(=O)CC4)c2cn1. The van der Waals surface area contributed by atoms with Gasteiger partial charge in [-0.1, -0.05) is 49.4 Å². The van der Waals surface area contributed by atoms with E-state index in [-0.39, 0.29) is 11.7 Å². The second-order valence-corrected chi connectivity index (χ2v) is 8.97. The van der Waals surface area contributed by atoms with Crippen molar-refractivity contribution in [2.24, 2.45) is 7.05 Å². The molecule has 0 fully saturated rings. The van der Waals surface area contributed by atoms with Crippen LogP contribution in [0.25, 0.3) is 27.6 Å². The van der Waals surface area contributed by atoms with E-state index in [0.29, 0.717) is 25.8 Å². The smallest absolute Gasteiger partial charge is 0.223 e. The summed E-state index contributed by atoms with van der Waals surface area (Å²) in [4.78, 5) is 30.7. The summed E-state index contributed by atoms with van der Waals surface area (Å²) in [5.41, 5.74) is 6.71. The van der Waals surface area contributed by atoms with Crippen LogP contribution in [0.15, 0.2) is 60.3 Å². The second-order valence-electron chi connectivity index (χ2n) is 8.97. The lowest BCUT2D eigenvalue weighted by Crippen LogP contribution is -2.24. The number of aromatic nitrogens is 3. The van der Waals surface area contributed by atoms with Gasteiger partial charge in [-0.3, -0.25) is 19.3 Å². The van der Waals surface area contributed by atoms with E-state index < -0.39 is 0 Å². The fraction of sp³-hybridized carbons (Fsp3) is 0.310. The highest BCUT2D eigenvalue weighted by atomic mass is 16.2. The van der Waals surface area contributed by atoms with E-state index >= 15 is 0 Å². The Balaban J connectivity index is 1.81. The first kappa shape index (κ1) is 24.3. The third-order valence-corrected chi connectivity index (χ3v) is 6.63. The minimum absolute atomic E-state index is 0.0847. The Bertz CT molecular complexity index is 1390. The second kappa shape index (κ2) is 10.2. The van der Waals surface area contributed by atoms with Crippen molar-refractivity contribution < 1.29 is 9.59 Å². The summed E-state index contributed by atoms with van der Waals surface area (Å²) in [5.74, 6) is 0.242.